The van der Waals surface area contributed by atoms with Crippen molar-refractivity contribution in [3.05, 3.63) is 24.3 Å². The van der Waals surface area contributed by atoms with Crippen molar-refractivity contribution in [1.82, 2.24) is 4.31 Å². The number of rotatable bonds is 7. The zero-order valence-electron chi connectivity index (χ0n) is 15.2. The Balaban J connectivity index is 2.01. The van der Waals surface area contributed by atoms with Crippen LogP contribution in [-0.4, -0.2) is 44.3 Å². The van der Waals surface area contributed by atoms with Crippen molar-refractivity contribution in [3.8, 4) is 0 Å². The first-order chi connectivity index (χ1) is 12.3. The van der Waals surface area contributed by atoms with Crippen LogP contribution in [-0.2, 0) is 24.3 Å². The number of anilines is 1. The zero-order chi connectivity index (χ0) is 19.2. The number of amides is 1. The predicted molar refractivity (Wildman–Crippen MR) is 98.1 cm³/mol. The Morgan fingerprint density at radius 2 is 1.77 bits per heavy atom. The van der Waals surface area contributed by atoms with Gasteiger partial charge in [-0.2, -0.15) is 4.31 Å². The first-order valence-electron chi connectivity index (χ1n) is 8.88. The Hall–Kier alpha value is -1.93. The molecular weight excluding hydrogens is 356 g/mol. The van der Waals surface area contributed by atoms with E-state index in [4.69, 9.17) is 4.74 Å². The second-order valence-corrected chi connectivity index (χ2v) is 8.36. The van der Waals surface area contributed by atoms with Crippen LogP contribution in [0.3, 0.4) is 0 Å². The monoisotopic (exact) mass is 382 g/mol. The predicted octanol–water partition coefficient (Wildman–Crippen LogP) is 2.53. The maximum Gasteiger partial charge on any atom is 0.315 e. The second-order valence-electron chi connectivity index (χ2n) is 6.37. The van der Waals surface area contributed by atoms with E-state index in [0.29, 0.717) is 5.69 Å². The van der Waals surface area contributed by atoms with Gasteiger partial charge < -0.3 is 10.1 Å². The normalized spacial score (nSPS) is 15.7. The van der Waals surface area contributed by atoms with Gasteiger partial charge in [-0.1, -0.05) is 19.3 Å². The summed E-state index contributed by atoms with van der Waals surface area (Å²) in [7, 11) is -1.94. The fourth-order valence-corrected chi connectivity index (χ4v) is 4.48. The van der Waals surface area contributed by atoms with Gasteiger partial charge in [0, 0.05) is 18.8 Å². The van der Waals surface area contributed by atoms with Crippen molar-refractivity contribution in [2.24, 2.45) is 0 Å². The van der Waals surface area contributed by atoms with Crippen LogP contribution in [0, 0.1) is 0 Å². The fourth-order valence-electron chi connectivity index (χ4n) is 3.07. The number of esters is 1. The highest BCUT2D eigenvalue weighted by molar-refractivity contribution is 7.89. The van der Waals surface area contributed by atoms with Gasteiger partial charge in [0.15, 0.2) is 0 Å². The third-order valence-corrected chi connectivity index (χ3v) is 6.44. The van der Waals surface area contributed by atoms with E-state index in [2.05, 4.69) is 5.32 Å². The van der Waals surface area contributed by atoms with Crippen LogP contribution in [0.5, 0.6) is 0 Å². The first kappa shape index (κ1) is 20.4. The highest BCUT2D eigenvalue weighted by atomic mass is 32.2. The molecule has 1 amide bonds. The van der Waals surface area contributed by atoms with Gasteiger partial charge >= 0.3 is 5.97 Å². The third kappa shape index (κ3) is 5.28. The second kappa shape index (κ2) is 9.14. The van der Waals surface area contributed by atoms with Crippen LogP contribution in [0.15, 0.2) is 29.2 Å². The molecule has 1 aromatic carbocycles. The van der Waals surface area contributed by atoms with E-state index < -0.39 is 21.9 Å². The summed E-state index contributed by atoms with van der Waals surface area (Å²) < 4.78 is 31.7. The van der Waals surface area contributed by atoms with E-state index in [0.717, 1.165) is 32.1 Å². The molecule has 1 aromatic rings. The summed E-state index contributed by atoms with van der Waals surface area (Å²) in [6, 6.07) is 6.01. The number of benzene rings is 1. The molecule has 0 bridgehead atoms. The summed E-state index contributed by atoms with van der Waals surface area (Å²) in [5, 5.41) is 2.55. The number of nitrogens with zero attached hydrogens (tertiary/aromatic N) is 1. The molecule has 0 spiro atoms. The van der Waals surface area contributed by atoms with Crippen LogP contribution < -0.4 is 5.32 Å². The minimum atomic E-state index is -3.56. The zero-order valence-corrected chi connectivity index (χ0v) is 16.0. The van der Waals surface area contributed by atoms with Crippen molar-refractivity contribution in [2.45, 2.75) is 56.4 Å². The molecule has 1 saturated carbocycles. The molecule has 8 heteroatoms. The lowest BCUT2D eigenvalue weighted by atomic mass is 9.96. The van der Waals surface area contributed by atoms with Crippen LogP contribution in [0.2, 0.25) is 0 Å². The lowest BCUT2D eigenvalue weighted by molar-refractivity contribution is -0.145. The maximum absolute atomic E-state index is 12.8. The third-order valence-electron chi connectivity index (χ3n) is 4.51. The van der Waals surface area contributed by atoms with Gasteiger partial charge in [-0.05, 0) is 44.0 Å². The summed E-state index contributed by atoms with van der Waals surface area (Å²) in [6.07, 6.45) is 4.66. The number of ether oxygens (including phenoxy) is 1. The van der Waals surface area contributed by atoms with Crippen LogP contribution in [0.1, 0.15) is 45.4 Å². The smallest absolute Gasteiger partial charge is 0.315 e. The van der Waals surface area contributed by atoms with Crippen LogP contribution in [0.25, 0.3) is 0 Å². The number of carbonyl (C=O) groups is 2. The van der Waals surface area contributed by atoms with E-state index in [1.165, 1.54) is 28.6 Å². The molecule has 7 nitrogen and oxygen atoms in total. The number of carbonyl (C=O) groups excluding carboxylic acids is 2. The number of nitrogens with one attached hydrogen (secondary N) is 1. The van der Waals surface area contributed by atoms with Gasteiger partial charge in [0.05, 0.1) is 11.5 Å². The largest absolute Gasteiger partial charge is 0.466 e. The standard InChI is InChI=1S/C18H26N2O5S/c1-3-25-18(22)13-17(21)19-14-9-11-16(12-10-14)26(23,24)20(2)15-7-5-4-6-8-15/h9-12,15H,3-8,13H2,1-2H3,(H,19,21). The molecular formula is C18H26N2O5S. The molecule has 0 radical (unpaired) electrons. The summed E-state index contributed by atoms with van der Waals surface area (Å²) in [5.41, 5.74) is 0.429. The van der Waals surface area contributed by atoms with Gasteiger partial charge in [0.25, 0.3) is 0 Å². The summed E-state index contributed by atoms with van der Waals surface area (Å²) in [5.74, 6) is -1.10. The van der Waals surface area contributed by atoms with E-state index >= 15 is 0 Å². The van der Waals surface area contributed by atoms with Gasteiger partial charge in [-0.15, -0.1) is 0 Å². The average molecular weight is 382 g/mol. The summed E-state index contributed by atoms with van der Waals surface area (Å²) >= 11 is 0. The Labute approximate surface area is 154 Å². The molecule has 1 aliphatic carbocycles. The highest BCUT2D eigenvalue weighted by Crippen LogP contribution is 2.27. The summed E-state index contributed by atoms with van der Waals surface area (Å²) in [6.45, 7) is 1.88. The van der Waals surface area contributed by atoms with Gasteiger partial charge in [-0.25, -0.2) is 8.42 Å². The fraction of sp³-hybridized carbons (Fsp3) is 0.556. The van der Waals surface area contributed by atoms with E-state index in [1.807, 2.05) is 0 Å². The molecule has 0 atom stereocenters. The molecule has 0 aromatic heterocycles. The lowest BCUT2D eigenvalue weighted by Crippen LogP contribution is -2.38. The molecule has 26 heavy (non-hydrogen) atoms. The number of hydrogen-bond donors (Lipinski definition) is 1. The average Bonchev–Trinajstić information content (AvgIpc) is 2.62. The van der Waals surface area contributed by atoms with E-state index in [1.54, 1.807) is 14.0 Å². The van der Waals surface area contributed by atoms with Gasteiger partial charge in [0.2, 0.25) is 15.9 Å². The van der Waals surface area contributed by atoms with Crippen molar-refractivity contribution in [1.29, 1.82) is 0 Å². The molecule has 1 fully saturated rings. The van der Waals surface area contributed by atoms with Crippen molar-refractivity contribution in [2.75, 3.05) is 19.0 Å². The number of sulfonamides is 1. The van der Waals surface area contributed by atoms with Crippen molar-refractivity contribution >= 4 is 27.6 Å². The van der Waals surface area contributed by atoms with Gasteiger partial charge in [-0.3, -0.25) is 9.59 Å². The molecule has 1 N–H and O–H groups in total. The van der Waals surface area contributed by atoms with Crippen molar-refractivity contribution in [3.63, 3.8) is 0 Å². The maximum atomic E-state index is 12.8. The molecule has 0 heterocycles. The topological polar surface area (TPSA) is 92.8 Å². The molecule has 0 aliphatic heterocycles. The van der Waals surface area contributed by atoms with Crippen molar-refractivity contribution < 1.29 is 22.7 Å². The van der Waals surface area contributed by atoms with Gasteiger partial charge in [0.1, 0.15) is 6.42 Å². The quantitative estimate of drug-likeness (QED) is 0.578. The molecule has 1 aliphatic rings. The van der Waals surface area contributed by atoms with Crippen LogP contribution in [0.4, 0.5) is 5.69 Å². The lowest BCUT2D eigenvalue weighted by Gasteiger charge is -2.30. The molecule has 2 rings (SSSR count). The van der Waals surface area contributed by atoms with E-state index in [-0.39, 0.29) is 24.0 Å². The Bertz CT molecular complexity index is 724. The molecule has 0 saturated heterocycles. The number of hydrogen-bond acceptors (Lipinski definition) is 5. The highest BCUT2D eigenvalue weighted by Gasteiger charge is 2.28. The molecule has 144 valence electrons. The molecule has 0 unspecified atom stereocenters. The minimum Gasteiger partial charge on any atom is -0.466 e. The Kier molecular flexibility index (Phi) is 7.16. The van der Waals surface area contributed by atoms with Crippen LogP contribution >= 0.6 is 0 Å². The minimum absolute atomic E-state index is 0.0395. The Morgan fingerprint density at radius 1 is 1.15 bits per heavy atom. The SMILES string of the molecule is CCOC(=O)CC(=O)Nc1ccc(S(=O)(=O)N(C)C2CCCCC2)cc1. The van der Waals surface area contributed by atoms with E-state index in [9.17, 15) is 18.0 Å². The first-order valence-corrected chi connectivity index (χ1v) is 10.3. The summed E-state index contributed by atoms with van der Waals surface area (Å²) in [4.78, 5) is 23.2. The Morgan fingerprint density at radius 3 is 2.35 bits per heavy atom.